The lowest BCUT2D eigenvalue weighted by Crippen LogP contribution is -2.02. The van der Waals surface area contributed by atoms with Gasteiger partial charge in [0.1, 0.15) is 33.5 Å². The highest BCUT2D eigenvalue weighted by Crippen LogP contribution is 2.46. The third-order valence-electron chi connectivity index (χ3n) is 6.32. The Morgan fingerprint density at radius 1 is 0.733 bits per heavy atom. The van der Waals surface area contributed by atoms with Gasteiger partial charge in [0, 0.05) is 23.2 Å². The highest BCUT2D eigenvalue weighted by atomic mass is 32.2. The van der Waals surface area contributed by atoms with E-state index in [4.69, 9.17) is 15.2 Å². The molecule has 19 heteroatoms. The zero-order chi connectivity index (χ0) is 33.3. The van der Waals surface area contributed by atoms with Crippen LogP contribution in [0.1, 0.15) is 6.92 Å². The van der Waals surface area contributed by atoms with Gasteiger partial charge in [-0.05, 0) is 47.9 Å². The van der Waals surface area contributed by atoms with Crippen LogP contribution in [-0.2, 0) is 30.1 Å². The number of methoxy groups -OCH3 is 2. The molecule has 0 heterocycles. The van der Waals surface area contributed by atoms with Crippen molar-refractivity contribution in [3.05, 3.63) is 54.6 Å². The van der Waals surface area contributed by atoms with Crippen molar-refractivity contribution in [2.24, 2.45) is 20.5 Å². The second kappa shape index (κ2) is 12.4. The van der Waals surface area contributed by atoms with Gasteiger partial charge in [0.15, 0.2) is 15.6 Å². The van der Waals surface area contributed by atoms with Crippen molar-refractivity contribution < 1.29 is 48.9 Å². The molecule has 0 atom stereocenters. The number of nitrogens with zero attached hydrogens (tertiary/aromatic N) is 4. The summed E-state index contributed by atoms with van der Waals surface area (Å²) in [5.74, 6) is -0.766. The molecule has 0 saturated heterocycles. The van der Waals surface area contributed by atoms with Gasteiger partial charge < -0.3 is 20.3 Å². The van der Waals surface area contributed by atoms with Gasteiger partial charge in [0.25, 0.3) is 20.2 Å². The van der Waals surface area contributed by atoms with Gasteiger partial charge >= 0.3 is 0 Å². The predicted molar refractivity (Wildman–Crippen MR) is 162 cm³/mol. The van der Waals surface area contributed by atoms with E-state index >= 15 is 0 Å². The zero-order valence-corrected chi connectivity index (χ0v) is 26.1. The predicted octanol–water partition coefficient (Wildman–Crippen LogP) is 5.26. The van der Waals surface area contributed by atoms with Crippen molar-refractivity contribution in [3.8, 4) is 17.2 Å². The third-order valence-corrected chi connectivity index (χ3v) is 9.77. The smallest absolute Gasteiger partial charge is 0.296 e. The first-order valence-corrected chi connectivity index (χ1v) is 17.0. The number of benzene rings is 4. The summed E-state index contributed by atoms with van der Waals surface area (Å²) in [5, 5.41) is 26.5. The Balaban J connectivity index is 1.79. The summed E-state index contributed by atoms with van der Waals surface area (Å²) in [7, 11) is -10.6. The molecule has 4 rings (SSSR count). The minimum Gasteiger partial charge on any atom is -0.505 e. The molecule has 0 amide bonds. The number of phenolic OH excluding ortho intramolecular Hbond substituents is 1. The van der Waals surface area contributed by atoms with Gasteiger partial charge in [-0.25, -0.2) is 8.42 Å². The average molecular weight is 680 g/mol. The van der Waals surface area contributed by atoms with Gasteiger partial charge in [-0.3, -0.25) is 9.11 Å². The highest BCUT2D eigenvalue weighted by Gasteiger charge is 2.25. The van der Waals surface area contributed by atoms with Crippen LogP contribution < -0.4 is 15.2 Å². The lowest BCUT2D eigenvalue weighted by Gasteiger charge is -2.12. The molecule has 0 spiro atoms. The maximum atomic E-state index is 12.2. The van der Waals surface area contributed by atoms with Crippen LogP contribution in [0.5, 0.6) is 17.2 Å². The molecule has 0 aliphatic rings. The average Bonchev–Trinajstić information content (AvgIpc) is 2.98. The summed E-state index contributed by atoms with van der Waals surface area (Å²) in [6, 6.07) is 10.9. The molecule has 0 fully saturated rings. The molecule has 0 radical (unpaired) electrons. The Labute approximate surface area is 257 Å². The number of phenols is 1. The van der Waals surface area contributed by atoms with E-state index in [0.29, 0.717) is 5.69 Å². The minimum atomic E-state index is -5.08. The molecule has 5 N–H and O–H groups in total. The molecule has 0 saturated carbocycles. The molecular formula is C26H25N5O11S3. The first-order chi connectivity index (χ1) is 21.0. The molecule has 0 bridgehead atoms. The van der Waals surface area contributed by atoms with Crippen molar-refractivity contribution in [2.45, 2.75) is 21.6 Å². The number of hydrogen-bond acceptors (Lipinski definition) is 14. The Hall–Kier alpha value is -4.69. The maximum Gasteiger partial charge on any atom is 0.296 e. The van der Waals surface area contributed by atoms with Crippen LogP contribution in [0, 0.1) is 0 Å². The van der Waals surface area contributed by atoms with E-state index in [2.05, 4.69) is 20.5 Å². The maximum absolute atomic E-state index is 12.2. The molecule has 4 aromatic rings. The van der Waals surface area contributed by atoms with Crippen LogP contribution in [-0.4, -0.2) is 59.4 Å². The van der Waals surface area contributed by atoms with E-state index in [1.165, 1.54) is 57.5 Å². The van der Waals surface area contributed by atoms with Gasteiger partial charge in [-0.1, -0.05) is 6.92 Å². The number of azo groups is 2. The lowest BCUT2D eigenvalue weighted by atomic mass is 10.1. The molecular weight excluding hydrogens is 655 g/mol. The summed E-state index contributed by atoms with van der Waals surface area (Å²) in [5.41, 5.74) is 5.25. The van der Waals surface area contributed by atoms with Gasteiger partial charge in [-0.15, -0.1) is 15.3 Å². The normalized spacial score (nSPS) is 12.7. The van der Waals surface area contributed by atoms with E-state index in [9.17, 15) is 39.5 Å². The monoisotopic (exact) mass is 679 g/mol. The van der Waals surface area contributed by atoms with E-state index in [1.54, 1.807) is 0 Å². The number of nitrogen functional groups attached to an aromatic ring is 1. The second-order valence-corrected chi connectivity index (χ2v) is 14.2. The van der Waals surface area contributed by atoms with Gasteiger partial charge in [-0.2, -0.15) is 21.9 Å². The number of hydrogen-bond donors (Lipinski definition) is 4. The highest BCUT2D eigenvalue weighted by molar-refractivity contribution is 7.91. The Morgan fingerprint density at radius 3 is 1.78 bits per heavy atom. The number of anilines is 1. The van der Waals surface area contributed by atoms with Crippen molar-refractivity contribution in [1.82, 2.24) is 0 Å². The molecule has 0 aliphatic heterocycles. The topological polar surface area (TPSA) is 257 Å². The molecule has 238 valence electrons. The first-order valence-electron chi connectivity index (χ1n) is 12.5. The van der Waals surface area contributed by atoms with Crippen LogP contribution in [0.3, 0.4) is 0 Å². The SMILES string of the molecule is CCS(=O)(=O)c1ccc(N=Nc2cc(OC)c(N=Nc3c(S(=O)(=O)O)cc4cc(S(=O)(=O)O)cc(N)c4c3O)cc2OC)cc1. The summed E-state index contributed by atoms with van der Waals surface area (Å²) in [6.07, 6.45) is 0. The zero-order valence-electron chi connectivity index (χ0n) is 23.6. The fourth-order valence-electron chi connectivity index (χ4n) is 4.06. The summed E-state index contributed by atoms with van der Waals surface area (Å²) >= 11 is 0. The molecule has 0 aromatic heterocycles. The van der Waals surface area contributed by atoms with Crippen molar-refractivity contribution in [3.63, 3.8) is 0 Å². The van der Waals surface area contributed by atoms with Crippen molar-refractivity contribution in [1.29, 1.82) is 0 Å². The fraction of sp³-hybridized carbons (Fsp3) is 0.154. The van der Waals surface area contributed by atoms with Crippen LogP contribution >= 0.6 is 0 Å². The Morgan fingerprint density at radius 2 is 1.29 bits per heavy atom. The molecule has 0 unspecified atom stereocenters. The molecule has 0 aliphatic carbocycles. The number of aromatic hydroxyl groups is 1. The summed E-state index contributed by atoms with van der Waals surface area (Å²) < 4.78 is 102. The lowest BCUT2D eigenvalue weighted by molar-refractivity contribution is 0.405. The van der Waals surface area contributed by atoms with E-state index in [0.717, 1.165) is 18.2 Å². The number of rotatable bonds is 10. The Bertz CT molecular complexity index is 2200. The standard InChI is InChI=1S/C26H25N5O11S3/c1-4-43(33,34)16-7-5-15(6-8-16)28-29-19-12-22(42-3)20(13-21(19)41-2)30-31-25-23(45(38,39)40)10-14-9-17(44(35,36)37)11-18(27)24(14)26(25)32/h5-13,32H,4,27H2,1-3H3,(H,35,36,37)(H,38,39,40). The summed E-state index contributed by atoms with van der Waals surface area (Å²) in [4.78, 5) is -1.49. The van der Waals surface area contributed by atoms with Gasteiger partial charge in [0.05, 0.1) is 35.5 Å². The largest absolute Gasteiger partial charge is 0.505 e. The van der Waals surface area contributed by atoms with Crippen LogP contribution in [0.15, 0.2) is 89.7 Å². The van der Waals surface area contributed by atoms with Crippen LogP contribution in [0.4, 0.5) is 28.4 Å². The van der Waals surface area contributed by atoms with E-state index in [1.807, 2.05) is 0 Å². The third kappa shape index (κ3) is 7.02. The second-order valence-electron chi connectivity index (χ2n) is 9.13. The number of sulfone groups is 1. The summed E-state index contributed by atoms with van der Waals surface area (Å²) in [6.45, 7) is 1.53. The molecule has 45 heavy (non-hydrogen) atoms. The molecule has 4 aromatic carbocycles. The van der Waals surface area contributed by atoms with Crippen molar-refractivity contribution >= 4 is 69.3 Å². The molecule has 16 nitrogen and oxygen atoms in total. The number of nitrogens with two attached hydrogens (primary N) is 1. The van der Waals surface area contributed by atoms with Gasteiger partial charge in [0.2, 0.25) is 0 Å². The van der Waals surface area contributed by atoms with E-state index < -0.39 is 51.3 Å². The van der Waals surface area contributed by atoms with Crippen LogP contribution in [0.2, 0.25) is 0 Å². The van der Waals surface area contributed by atoms with Crippen molar-refractivity contribution in [2.75, 3.05) is 25.7 Å². The first kappa shape index (κ1) is 33.2. The fourth-order valence-corrected chi connectivity index (χ4v) is 6.15. The number of fused-ring (bicyclic) bond motifs is 1. The van der Waals surface area contributed by atoms with Crippen LogP contribution in [0.25, 0.3) is 10.8 Å². The Kier molecular flexibility index (Phi) is 9.12. The van der Waals surface area contributed by atoms with E-state index in [-0.39, 0.29) is 50.0 Å². The number of ether oxygens (including phenoxy) is 2. The minimum absolute atomic E-state index is 0.0436. The quantitative estimate of drug-likeness (QED) is 0.0950.